The molecule has 0 saturated carbocycles. The molecule has 0 aliphatic heterocycles. The van der Waals surface area contributed by atoms with Gasteiger partial charge in [-0.2, -0.15) is 0 Å². The molecule has 106 valence electrons. The maximum Gasteiger partial charge on any atom is 0.234 e. The average molecular weight is 372 g/mol. The number of aryl methyl sites for hydroxylation is 3. The number of rotatable bonds is 4. The van der Waals surface area contributed by atoms with E-state index >= 15 is 0 Å². The normalized spacial score (nSPS) is 10.6. The third-order valence-corrected chi connectivity index (χ3v) is 5.03. The van der Waals surface area contributed by atoms with Gasteiger partial charge in [0.2, 0.25) is 5.91 Å². The average Bonchev–Trinajstić information content (AvgIpc) is 2.77. The van der Waals surface area contributed by atoms with Crippen LogP contribution in [0.5, 0.6) is 0 Å². The van der Waals surface area contributed by atoms with Gasteiger partial charge in [-0.05, 0) is 44.0 Å². The van der Waals surface area contributed by atoms with E-state index in [1.54, 1.807) is 0 Å². The Hall–Kier alpha value is -0.920. The van der Waals surface area contributed by atoms with Gasteiger partial charge in [-0.3, -0.25) is 4.79 Å². The summed E-state index contributed by atoms with van der Waals surface area (Å²) < 4.78 is 1.84. The first-order valence-electron chi connectivity index (χ1n) is 5.95. The van der Waals surface area contributed by atoms with Gasteiger partial charge >= 0.3 is 0 Å². The molecule has 2 rings (SSSR count). The molecule has 0 spiro atoms. The fraction of sp³-hybridized carbons (Fsp3) is 0.308. The van der Waals surface area contributed by atoms with E-state index in [2.05, 4.69) is 31.4 Å². The molecule has 4 nitrogen and oxygen atoms in total. The van der Waals surface area contributed by atoms with E-state index in [1.807, 2.05) is 32.9 Å². The van der Waals surface area contributed by atoms with Crippen molar-refractivity contribution in [3.8, 4) is 0 Å². The van der Waals surface area contributed by atoms with Crippen molar-refractivity contribution in [3.05, 3.63) is 32.7 Å². The zero-order valence-corrected chi connectivity index (χ0v) is 14.6. The predicted octanol–water partition coefficient (Wildman–Crippen LogP) is 3.96. The highest BCUT2D eigenvalue weighted by Gasteiger charge is 2.10. The molecule has 0 unspecified atom stereocenters. The van der Waals surface area contributed by atoms with E-state index in [1.165, 1.54) is 23.1 Å². The smallest absolute Gasteiger partial charge is 0.234 e. The fourth-order valence-electron chi connectivity index (χ4n) is 1.75. The Balaban J connectivity index is 1.98. The number of benzene rings is 1. The number of nitrogens with zero attached hydrogens (tertiary/aromatic N) is 2. The van der Waals surface area contributed by atoms with E-state index in [-0.39, 0.29) is 5.91 Å². The highest BCUT2D eigenvalue weighted by molar-refractivity contribution is 9.10. The van der Waals surface area contributed by atoms with Gasteiger partial charge in [0.25, 0.3) is 0 Å². The van der Waals surface area contributed by atoms with E-state index in [4.69, 9.17) is 0 Å². The van der Waals surface area contributed by atoms with Gasteiger partial charge < -0.3 is 5.32 Å². The number of aromatic nitrogens is 2. The van der Waals surface area contributed by atoms with Crippen LogP contribution < -0.4 is 5.32 Å². The minimum Gasteiger partial charge on any atom is -0.325 e. The van der Waals surface area contributed by atoms with Gasteiger partial charge in [0, 0.05) is 10.2 Å². The highest BCUT2D eigenvalue weighted by atomic mass is 79.9. The summed E-state index contributed by atoms with van der Waals surface area (Å²) in [5.41, 5.74) is 2.97. The molecule has 7 heteroatoms. The van der Waals surface area contributed by atoms with E-state index in [9.17, 15) is 4.79 Å². The Labute approximate surface area is 134 Å². The Morgan fingerprint density at radius 1 is 1.30 bits per heavy atom. The molecule has 1 amide bonds. The largest absolute Gasteiger partial charge is 0.325 e. The molecule has 0 atom stereocenters. The number of carbonyl (C=O) groups is 1. The second kappa shape index (κ2) is 6.69. The van der Waals surface area contributed by atoms with E-state index < -0.39 is 0 Å². The minimum atomic E-state index is -0.0311. The zero-order valence-electron chi connectivity index (χ0n) is 11.4. The third kappa shape index (κ3) is 4.04. The van der Waals surface area contributed by atoms with Crippen molar-refractivity contribution in [3.63, 3.8) is 0 Å². The maximum absolute atomic E-state index is 12.0. The van der Waals surface area contributed by atoms with Gasteiger partial charge in [-0.15, -0.1) is 10.2 Å². The number of anilines is 1. The molecule has 1 aromatic carbocycles. The van der Waals surface area contributed by atoms with Gasteiger partial charge in [0.1, 0.15) is 5.01 Å². The Kier molecular flexibility index (Phi) is 5.17. The van der Waals surface area contributed by atoms with Crippen LogP contribution in [0.2, 0.25) is 0 Å². The molecule has 1 heterocycles. The van der Waals surface area contributed by atoms with Crippen molar-refractivity contribution in [2.45, 2.75) is 25.1 Å². The van der Waals surface area contributed by atoms with Crippen LogP contribution in [-0.4, -0.2) is 21.9 Å². The standard InChI is InChI=1S/C13H14BrN3OS2/c1-7-4-10(14)5-8(2)12(7)15-11(18)6-19-13-17-16-9(3)20-13/h4-5H,6H2,1-3H3,(H,15,18). The van der Waals surface area contributed by atoms with Crippen LogP contribution in [-0.2, 0) is 4.79 Å². The Bertz CT molecular complexity index is 619. The lowest BCUT2D eigenvalue weighted by molar-refractivity contribution is -0.113. The second-order valence-corrected chi connectivity index (χ2v) is 7.66. The van der Waals surface area contributed by atoms with Gasteiger partial charge in [-0.1, -0.05) is 39.0 Å². The predicted molar refractivity (Wildman–Crippen MR) is 87.6 cm³/mol. The summed E-state index contributed by atoms with van der Waals surface area (Å²) in [4.78, 5) is 12.0. The molecule has 1 N–H and O–H groups in total. The SMILES string of the molecule is Cc1nnc(SCC(=O)Nc2c(C)cc(Br)cc2C)s1. The fourth-order valence-corrected chi connectivity index (χ4v) is 4.05. The summed E-state index contributed by atoms with van der Waals surface area (Å²) in [5, 5.41) is 11.8. The van der Waals surface area contributed by atoms with Gasteiger partial charge in [-0.25, -0.2) is 0 Å². The van der Waals surface area contributed by atoms with Crippen molar-refractivity contribution in [2.75, 3.05) is 11.1 Å². The summed E-state index contributed by atoms with van der Waals surface area (Å²) in [6.07, 6.45) is 0. The van der Waals surface area contributed by atoms with Crippen LogP contribution in [0.15, 0.2) is 20.9 Å². The van der Waals surface area contributed by atoms with Crippen LogP contribution in [0, 0.1) is 20.8 Å². The van der Waals surface area contributed by atoms with Crippen molar-refractivity contribution in [1.82, 2.24) is 10.2 Å². The van der Waals surface area contributed by atoms with Crippen molar-refractivity contribution in [2.24, 2.45) is 0 Å². The maximum atomic E-state index is 12.0. The number of halogens is 1. The first-order chi connectivity index (χ1) is 9.45. The monoisotopic (exact) mass is 371 g/mol. The van der Waals surface area contributed by atoms with Gasteiger partial charge in [0.05, 0.1) is 5.75 Å². The molecule has 0 saturated heterocycles. The summed E-state index contributed by atoms with van der Waals surface area (Å²) in [6.45, 7) is 5.86. The summed E-state index contributed by atoms with van der Waals surface area (Å²) >= 11 is 6.35. The van der Waals surface area contributed by atoms with Crippen molar-refractivity contribution >= 4 is 50.6 Å². The first kappa shape index (κ1) is 15.5. The van der Waals surface area contributed by atoms with Gasteiger partial charge in [0.15, 0.2) is 4.34 Å². The van der Waals surface area contributed by atoms with E-state index in [0.717, 1.165) is 30.6 Å². The Morgan fingerprint density at radius 2 is 1.95 bits per heavy atom. The molecule has 0 fully saturated rings. The van der Waals surface area contributed by atoms with Crippen LogP contribution in [0.3, 0.4) is 0 Å². The topological polar surface area (TPSA) is 54.9 Å². The second-order valence-electron chi connectivity index (χ2n) is 4.34. The summed E-state index contributed by atoms with van der Waals surface area (Å²) in [7, 11) is 0. The number of carbonyl (C=O) groups excluding carboxylic acids is 1. The molecule has 2 aromatic rings. The molecule has 0 aliphatic rings. The quantitative estimate of drug-likeness (QED) is 0.826. The summed E-state index contributed by atoms with van der Waals surface area (Å²) in [5.74, 6) is 0.306. The first-order valence-corrected chi connectivity index (χ1v) is 8.54. The lowest BCUT2D eigenvalue weighted by atomic mass is 10.1. The van der Waals surface area contributed by atoms with Crippen molar-refractivity contribution < 1.29 is 4.79 Å². The molecule has 0 bridgehead atoms. The van der Waals surface area contributed by atoms with Crippen LogP contribution in [0.4, 0.5) is 5.69 Å². The van der Waals surface area contributed by atoms with Crippen LogP contribution in [0.1, 0.15) is 16.1 Å². The molecule has 1 aromatic heterocycles. The molecule has 20 heavy (non-hydrogen) atoms. The number of hydrogen-bond donors (Lipinski definition) is 1. The number of hydrogen-bond acceptors (Lipinski definition) is 5. The molecular formula is C13H14BrN3OS2. The van der Waals surface area contributed by atoms with Crippen LogP contribution >= 0.6 is 39.0 Å². The molecule has 0 radical (unpaired) electrons. The number of nitrogens with one attached hydrogen (secondary N) is 1. The van der Waals surface area contributed by atoms with Crippen LogP contribution in [0.25, 0.3) is 0 Å². The Morgan fingerprint density at radius 3 is 2.50 bits per heavy atom. The zero-order chi connectivity index (χ0) is 14.7. The molecule has 0 aliphatic carbocycles. The number of thioether (sulfide) groups is 1. The minimum absolute atomic E-state index is 0.0311. The third-order valence-electron chi connectivity index (χ3n) is 2.60. The summed E-state index contributed by atoms with van der Waals surface area (Å²) in [6, 6.07) is 3.98. The van der Waals surface area contributed by atoms with E-state index in [0.29, 0.717) is 5.75 Å². The number of amides is 1. The highest BCUT2D eigenvalue weighted by Crippen LogP contribution is 2.26. The lowest BCUT2D eigenvalue weighted by Gasteiger charge is -2.11. The van der Waals surface area contributed by atoms with Crippen molar-refractivity contribution in [1.29, 1.82) is 0 Å². The lowest BCUT2D eigenvalue weighted by Crippen LogP contribution is -2.15. The molecular weight excluding hydrogens is 358 g/mol.